The minimum absolute atomic E-state index is 0.0762. The van der Waals surface area contributed by atoms with Crippen molar-refractivity contribution in [2.24, 2.45) is 5.92 Å². The van der Waals surface area contributed by atoms with Gasteiger partial charge >= 0.3 is 5.97 Å². The first kappa shape index (κ1) is 31.3. The molecular weight excluding hydrogens is 476 g/mol. The third-order valence-corrected chi connectivity index (χ3v) is 7.24. The second-order valence-electron chi connectivity index (χ2n) is 10.8. The number of aliphatic hydroxyl groups excluding tert-OH is 1. The minimum Gasteiger partial charge on any atom is -0.507 e. The molecule has 0 aromatic heterocycles. The second-order valence-corrected chi connectivity index (χ2v) is 10.8. The maximum absolute atomic E-state index is 11.9. The molecular formula is C33H46O5. The molecule has 0 aliphatic heterocycles. The lowest BCUT2D eigenvalue weighted by Gasteiger charge is -2.16. The molecule has 0 radical (unpaired) electrons. The Hall–Kier alpha value is -2.95. The van der Waals surface area contributed by atoms with Gasteiger partial charge in [0, 0.05) is 23.1 Å². The Kier molecular flexibility index (Phi) is 14.4. The second kappa shape index (κ2) is 17.5. The highest BCUT2D eigenvalue weighted by Crippen LogP contribution is 2.29. The molecule has 1 atom stereocenters. The summed E-state index contributed by atoms with van der Waals surface area (Å²) < 4.78 is 0. The van der Waals surface area contributed by atoms with Crippen LogP contribution in [-0.4, -0.2) is 27.7 Å². The van der Waals surface area contributed by atoms with Gasteiger partial charge in [-0.15, -0.1) is 0 Å². The van der Waals surface area contributed by atoms with Crippen molar-refractivity contribution in [3.63, 3.8) is 0 Å². The molecule has 0 saturated heterocycles. The monoisotopic (exact) mass is 522 g/mol. The standard InChI is InChI=1S/C18H32O2.C15H14O3/c19-18(20)16-10-8-6-4-2-1-3-5-7-9-13-17-14-11-12-15-17;1-9(2)7-8-12-13(16)10-5-3-4-6-11(10)14(17)15(12)18/h11,14,17H,1-10,12-13,15-16H2,(H,19,20);3-7,16H,8H2,1-2H3. The zero-order valence-corrected chi connectivity index (χ0v) is 23.3. The lowest BCUT2D eigenvalue weighted by atomic mass is 9.87. The number of hydrogen-bond donors (Lipinski definition) is 2. The number of Topliss-reactive ketones (excluding diaryl/α,β-unsaturated/α-hetero) is 2. The van der Waals surface area contributed by atoms with Crippen molar-refractivity contribution < 1.29 is 24.6 Å². The van der Waals surface area contributed by atoms with Crippen LogP contribution in [0.3, 0.4) is 0 Å². The normalized spacial score (nSPS) is 16.2. The molecule has 2 aliphatic carbocycles. The Morgan fingerprint density at radius 3 is 2.00 bits per heavy atom. The number of fused-ring (bicyclic) bond motifs is 1. The Balaban J connectivity index is 0.000000268. The summed E-state index contributed by atoms with van der Waals surface area (Å²) in [6.07, 6.45) is 24.0. The van der Waals surface area contributed by atoms with E-state index in [-0.39, 0.29) is 23.3 Å². The van der Waals surface area contributed by atoms with Crippen molar-refractivity contribution >= 4 is 23.3 Å². The van der Waals surface area contributed by atoms with Gasteiger partial charge in [-0.3, -0.25) is 14.4 Å². The lowest BCUT2D eigenvalue weighted by Crippen LogP contribution is -2.23. The van der Waals surface area contributed by atoms with E-state index in [4.69, 9.17) is 5.11 Å². The number of aliphatic carboxylic acids is 1. The van der Waals surface area contributed by atoms with Gasteiger partial charge in [-0.05, 0) is 51.9 Å². The summed E-state index contributed by atoms with van der Waals surface area (Å²) >= 11 is 0. The quantitative estimate of drug-likeness (QED) is 0.136. The van der Waals surface area contributed by atoms with Crippen LogP contribution in [0, 0.1) is 5.92 Å². The molecule has 1 aromatic carbocycles. The van der Waals surface area contributed by atoms with Gasteiger partial charge in [0.15, 0.2) is 0 Å². The molecule has 0 heterocycles. The number of carbonyl (C=O) groups is 3. The van der Waals surface area contributed by atoms with E-state index < -0.39 is 17.5 Å². The number of carbonyl (C=O) groups excluding carboxylic acids is 2. The molecule has 0 spiro atoms. The lowest BCUT2D eigenvalue weighted by molar-refractivity contribution is -0.137. The van der Waals surface area contributed by atoms with Gasteiger partial charge in [-0.25, -0.2) is 0 Å². The Morgan fingerprint density at radius 2 is 1.45 bits per heavy atom. The minimum atomic E-state index is -0.655. The number of allylic oxidation sites excluding steroid dienone is 5. The van der Waals surface area contributed by atoms with E-state index in [2.05, 4.69) is 12.2 Å². The van der Waals surface area contributed by atoms with Crippen LogP contribution in [0.5, 0.6) is 0 Å². The van der Waals surface area contributed by atoms with E-state index in [1.54, 1.807) is 24.3 Å². The van der Waals surface area contributed by atoms with Crippen LogP contribution in [0.15, 0.2) is 53.6 Å². The fraction of sp³-hybridized carbons (Fsp3) is 0.545. The van der Waals surface area contributed by atoms with Gasteiger partial charge < -0.3 is 10.2 Å². The third kappa shape index (κ3) is 11.2. The highest BCUT2D eigenvalue weighted by molar-refractivity contribution is 6.52. The predicted molar refractivity (Wildman–Crippen MR) is 154 cm³/mol. The molecule has 0 bridgehead atoms. The molecule has 38 heavy (non-hydrogen) atoms. The molecule has 0 fully saturated rings. The average molecular weight is 523 g/mol. The molecule has 1 unspecified atom stereocenters. The van der Waals surface area contributed by atoms with Crippen LogP contribution < -0.4 is 0 Å². The number of hydrogen-bond acceptors (Lipinski definition) is 4. The zero-order valence-electron chi connectivity index (χ0n) is 23.3. The van der Waals surface area contributed by atoms with E-state index in [1.807, 2.05) is 19.9 Å². The van der Waals surface area contributed by atoms with Crippen LogP contribution in [0.25, 0.3) is 5.76 Å². The molecule has 1 aromatic rings. The zero-order chi connectivity index (χ0) is 27.8. The molecule has 2 aliphatic rings. The Bertz CT molecular complexity index is 1010. The van der Waals surface area contributed by atoms with Crippen molar-refractivity contribution in [2.45, 2.75) is 110 Å². The van der Waals surface area contributed by atoms with Crippen LogP contribution in [0.1, 0.15) is 126 Å². The highest BCUT2D eigenvalue weighted by atomic mass is 16.4. The van der Waals surface area contributed by atoms with E-state index in [1.165, 1.54) is 70.6 Å². The largest absolute Gasteiger partial charge is 0.507 e. The summed E-state index contributed by atoms with van der Waals surface area (Å²) in [6.45, 7) is 3.81. The summed E-state index contributed by atoms with van der Waals surface area (Å²) in [5, 5.41) is 18.6. The Labute approximate surface area is 228 Å². The van der Waals surface area contributed by atoms with Gasteiger partial charge in [0.2, 0.25) is 11.6 Å². The van der Waals surface area contributed by atoms with E-state index in [0.29, 0.717) is 12.0 Å². The number of ketones is 2. The SMILES string of the molecule is CC(C)=CCC1=C(O)c2ccccc2C(=O)C1=O.O=C(O)CCCCCCCCCCCCC1C=CCC1. The Morgan fingerprint density at radius 1 is 0.868 bits per heavy atom. The van der Waals surface area contributed by atoms with Crippen molar-refractivity contribution in [1.29, 1.82) is 0 Å². The molecule has 0 saturated carbocycles. The smallest absolute Gasteiger partial charge is 0.303 e. The topological polar surface area (TPSA) is 91.7 Å². The summed E-state index contributed by atoms with van der Waals surface area (Å²) in [5.74, 6) is -0.990. The summed E-state index contributed by atoms with van der Waals surface area (Å²) in [4.78, 5) is 34.2. The van der Waals surface area contributed by atoms with Crippen molar-refractivity contribution in [1.82, 2.24) is 0 Å². The predicted octanol–water partition coefficient (Wildman–Crippen LogP) is 8.80. The van der Waals surface area contributed by atoms with Gasteiger partial charge in [0.25, 0.3) is 0 Å². The van der Waals surface area contributed by atoms with Crippen LogP contribution >= 0.6 is 0 Å². The van der Waals surface area contributed by atoms with Crippen LogP contribution in [-0.2, 0) is 9.59 Å². The number of rotatable bonds is 15. The van der Waals surface area contributed by atoms with Gasteiger partial charge in [-0.2, -0.15) is 0 Å². The number of carboxylic acid groups (broad SMARTS) is 1. The molecule has 3 rings (SSSR count). The number of benzene rings is 1. The van der Waals surface area contributed by atoms with Gasteiger partial charge in [0.1, 0.15) is 5.76 Å². The van der Waals surface area contributed by atoms with Crippen LogP contribution in [0.4, 0.5) is 0 Å². The average Bonchev–Trinajstić information content (AvgIpc) is 3.42. The fourth-order valence-electron chi connectivity index (χ4n) is 4.95. The number of carboxylic acids is 1. The van der Waals surface area contributed by atoms with Crippen molar-refractivity contribution in [2.75, 3.05) is 0 Å². The first-order chi connectivity index (χ1) is 18.3. The van der Waals surface area contributed by atoms with Crippen molar-refractivity contribution in [3.05, 3.63) is 64.8 Å². The molecule has 2 N–H and O–H groups in total. The molecule has 0 amide bonds. The summed E-state index contributed by atoms with van der Waals surface area (Å²) in [5.41, 5.74) is 1.94. The molecule has 208 valence electrons. The first-order valence-corrected chi connectivity index (χ1v) is 14.4. The van der Waals surface area contributed by atoms with Gasteiger partial charge in [0.05, 0.1) is 0 Å². The van der Waals surface area contributed by atoms with Crippen LogP contribution in [0.2, 0.25) is 0 Å². The number of unbranched alkanes of at least 4 members (excludes halogenated alkanes) is 9. The van der Waals surface area contributed by atoms with E-state index in [0.717, 1.165) is 24.3 Å². The van der Waals surface area contributed by atoms with E-state index in [9.17, 15) is 19.5 Å². The van der Waals surface area contributed by atoms with Crippen molar-refractivity contribution in [3.8, 4) is 0 Å². The first-order valence-electron chi connectivity index (χ1n) is 14.4. The molecule has 5 heteroatoms. The fourth-order valence-corrected chi connectivity index (χ4v) is 4.95. The maximum Gasteiger partial charge on any atom is 0.303 e. The molecule has 5 nitrogen and oxygen atoms in total. The summed E-state index contributed by atoms with van der Waals surface area (Å²) in [6, 6.07) is 6.62. The highest BCUT2D eigenvalue weighted by Gasteiger charge is 2.31. The van der Waals surface area contributed by atoms with Gasteiger partial charge in [-0.1, -0.05) is 106 Å². The third-order valence-electron chi connectivity index (χ3n) is 7.24. The summed E-state index contributed by atoms with van der Waals surface area (Å²) in [7, 11) is 0. The van der Waals surface area contributed by atoms with E-state index >= 15 is 0 Å². The maximum atomic E-state index is 11.9. The number of aliphatic hydroxyl groups is 1.